The molecule has 0 unspecified atom stereocenters. The van der Waals surface area contributed by atoms with E-state index >= 15 is 0 Å². The molecule has 0 bridgehead atoms. The zero-order chi connectivity index (χ0) is 11.6. The highest BCUT2D eigenvalue weighted by molar-refractivity contribution is 5.79. The van der Waals surface area contributed by atoms with Crippen LogP contribution in [0.2, 0.25) is 0 Å². The molecule has 0 aliphatic rings. The lowest BCUT2D eigenvalue weighted by atomic mass is 10.2. The Kier molecular flexibility index (Phi) is 10.3. The molecule has 1 aromatic rings. The second-order valence-electron chi connectivity index (χ2n) is 1.86. The van der Waals surface area contributed by atoms with Crippen LogP contribution in [0, 0.1) is 0 Å². The van der Waals surface area contributed by atoms with Gasteiger partial charge in [-0.2, -0.15) is 0 Å². The minimum Gasteiger partial charge on any atom is -0.508 e. The smallest absolute Gasteiger partial charge is 0.153 e. The van der Waals surface area contributed by atoms with Gasteiger partial charge in [0.25, 0.3) is 0 Å². The summed E-state index contributed by atoms with van der Waals surface area (Å²) in [6.07, 6.45) is 0.481. The number of rotatable bonds is 1. The molecule has 0 aliphatic carbocycles. The van der Waals surface area contributed by atoms with Gasteiger partial charge in [0.1, 0.15) is 11.5 Å². The maximum Gasteiger partial charge on any atom is 0.153 e. The Balaban J connectivity index is 0. The summed E-state index contributed by atoms with van der Waals surface area (Å²) in [6.45, 7) is 8.00. The summed E-state index contributed by atoms with van der Waals surface area (Å²) in [6, 6.07) is 3.77. The average Bonchev–Trinajstić information content (AvgIpc) is 2.27. The van der Waals surface area contributed by atoms with E-state index in [2.05, 4.69) is 0 Å². The quantitative estimate of drug-likeness (QED) is 0.538. The van der Waals surface area contributed by atoms with Crippen molar-refractivity contribution in [2.24, 2.45) is 0 Å². The van der Waals surface area contributed by atoms with E-state index in [4.69, 9.17) is 10.2 Å². The van der Waals surface area contributed by atoms with E-state index in [1.165, 1.54) is 18.2 Å². The van der Waals surface area contributed by atoms with Crippen LogP contribution in [0.3, 0.4) is 0 Å². The van der Waals surface area contributed by atoms with Crippen LogP contribution in [0.5, 0.6) is 11.5 Å². The zero-order valence-electron chi connectivity index (χ0n) is 9.11. The third-order valence-electron chi connectivity index (χ3n) is 1.14. The van der Waals surface area contributed by atoms with Gasteiger partial charge in [-0.15, -0.1) is 0 Å². The minimum atomic E-state index is -0.118. The molecular formula is C11H18O3. The van der Waals surface area contributed by atoms with Crippen molar-refractivity contribution in [2.75, 3.05) is 0 Å². The van der Waals surface area contributed by atoms with Gasteiger partial charge in [0, 0.05) is 0 Å². The molecule has 0 atom stereocenters. The van der Waals surface area contributed by atoms with E-state index in [-0.39, 0.29) is 17.1 Å². The summed E-state index contributed by atoms with van der Waals surface area (Å²) in [5.74, 6) is -0.146. The topological polar surface area (TPSA) is 57.5 Å². The Morgan fingerprint density at radius 1 is 1.07 bits per heavy atom. The second-order valence-corrected chi connectivity index (χ2v) is 1.86. The lowest BCUT2D eigenvalue weighted by Gasteiger charge is -1.95. The van der Waals surface area contributed by atoms with Crippen molar-refractivity contribution in [2.45, 2.75) is 27.7 Å². The van der Waals surface area contributed by atoms with Crippen LogP contribution in [-0.4, -0.2) is 16.5 Å². The maximum atomic E-state index is 10.1. The normalized spacial score (nSPS) is 7.43. The highest BCUT2D eigenvalue weighted by Crippen LogP contribution is 2.19. The fraction of sp³-hybridized carbons (Fsp3) is 0.364. The summed E-state index contributed by atoms with van der Waals surface area (Å²) in [5.41, 5.74) is 0.0972. The number of phenolic OH excluding ortho intramolecular Hbond substituents is 2. The molecule has 80 valence electrons. The molecule has 0 heterocycles. The number of aldehydes is 1. The highest BCUT2D eigenvalue weighted by atomic mass is 16.3. The predicted octanol–water partition coefficient (Wildman–Crippen LogP) is 2.96. The van der Waals surface area contributed by atoms with Gasteiger partial charge in [-0.05, 0) is 18.2 Å². The number of phenols is 2. The van der Waals surface area contributed by atoms with Gasteiger partial charge in [0.15, 0.2) is 6.29 Å². The molecule has 0 saturated heterocycles. The van der Waals surface area contributed by atoms with Crippen LogP contribution in [0.15, 0.2) is 18.2 Å². The first kappa shape index (κ1) is 15.0. The summed E-state index contributed by atoms with van der Waals surface area (Å²) in [4.78, 5) is 10.1. The van der Waals surface area contributed by atoms with Crippen molar-refractivity contribution < 1.29 is 15.0 Å². The first-order chi connectivity index (χ1) is 6.74. The van der Waals surface area contributed by atoms with Crippen LogP contribution in [0.4, 0.5) is 0 Å². The number of aromatic hydroxyl groups is 2. The first-order valence-corrected chi connectivity index (χ1v) is 4.71. The van der Waals surface area contributed by atoms with Crippen molar-refractivity contribution in [3.05, 3.63) is 23.8 Å². The molecular weight excluding hydrogens is 180 g/mol. The minimum absolute atomic E-state index is 0.0279. The van der Waals surface area contributed by atoms with Gasteiger partial charge in [-0.25, -0.2) is 0 Å². The van der Waals surface area contributed by atoms with Gasteiger partial charge in [-0.3, -0.25) is 4.79 Å². The molecule has 2 N–H and O–H groups in total. The van der Waals surface area contributed by atoms with Gasteiger partial charge in [-0.1, -0.05) is 27.7 Å². The molecule has 14 heavy (non-hydrogen) atoms. The number of carbonyl (C=O) groups excluding carboxylic acids is 1. The van der Waals surface area contributed by atoms with Crippen LogP contribution in [0.25, 0.3) is 0 Å². The third kappa shape index (κ3) is 5.19. The van der Waals surface area contributed by atoms with E-state index in [9.17, 15) is 4.79 Å². The summed E-state index contributed by atoms with van der Waals surface area (Å²) in [5, 5.41) is 17.7. The summed E-state index contributed by atoms with van der Waals surface area (Å²) < 4.78 is 0. The Hall–Kier alpha value is -1.51. The molecule has 0 spiro atoms. The molecule has 1 aromatic carbocycles. The molecule has 3 heteroatoms. The number of hydrogen-bond acceptors (Lipinski definition) is 3. The van der Waals surface area contributed by atoms with E-state index in [0.29, 0.717) is 6.29 Å². The van der Waals surface area contributed by atoms with Crippen molar-refractivity contribution in [3.8, 4) is 11.5 Å². The van der Waals surface area contributed by atoms with Gasteiger partial charge in [0.05, 0.1) is 5.56 Å². The number of benzene rings is 1. The molecule has 1 rings (SSSR count). The van der Waals surface area contributed by atoms with Crippen LogP contribution in [0.1, 0.15) is 38.1 Å². The molecule has 3 nitrogen and oxygen atoms in total. The molecule has 0 amide bonds. The molecule has 0 saturated carbocycles. The number of hydrogen-bond donors (Lipinski definition) is 2. The van der Waals surface area contributed by atoms with Gasteiger partial charge in [0.2, 0.25) is 0 Å². The maximum absolute atomic E-state index is 10.1. The lowest BCUT2D eigenvalue weighted by molar-refractivity contribution is 0.112. The predicted molar refractivity (Wildman–Crippen MR) is 57.9 cm³/mol. The fourth-order valence-corrected chi connectivity index (χ4v) is 0.636. The van der Waals surface area contributed by atoms with Crippen molar-refractivity contribution >= 4 is 6.29 Å². The average molecular weight is 198 g/mol. The van der Waals surface area contributed by atoms with Crippen LogP contribution >= 0.6 is 0 Å². The van der Waals surface area contributed by atoms with Crippen molar-refractivity contribution in [3.63, 3.8) is 0 Å². The zero-order valence-corrected chi connectivity index (χ0v) is 9.11. The Labute approximate surface area is 85.0 Å². The second kappa shape index (κ2) is 9.58. The Bertz CT molecular complexity index is 257. The standard InChI is InChI=1S/C7H6O3.2C2H6/c8-4-5-3-6(9)1-2-7(5)10;2*1-2/h1-4,9-10H;2*1-2H3. The van der Waals surface area contributed by atoms with Crippen molar-refractivity contribution in [1.29, 1.82) is 0 Å². The molecule has 0 radical (unpaired) electrons. The van der Waals surface area contributed by atoms with E-state index in [1.807, 2.05) is 27.7 Å². The van der Waals surface area contributed by atoms with E-state index in [0.717, 1.165) is 0 Å². The SMILES string of the molecule is CC.CC.O=Cc1cc(O)ccc1O. The summed E-state index contributed by atoms with van der Waals surface area (Å²) >= 11 is 0. The van der Waals surface area contributed by atoms with Gasteiger partial charge >= 0.3 is 0 Å². The Morgan fingerprint density at radius 3 is 1.93 bits per heavy atom. The number of carbonyl (C=O) groups is 1. The van der Waals surface area contributed by atoms with E-state index in [1.54, 1.807) is 0 Å². The Morgan fingerprint density at radius 2 is 1.57 bits per heavy atom. The largest absolute Gasteiger partial charge is 0.508 e. The highest BCUT2D eigenvalue weighted by Gasteiger charge is 1.98. The lowest BCUT2D eigenvalue weighted by Crippen LogP contribution is -1.78. The summed E-state index contributed by atoms with van der Waals surface area (Å²) in [7, 11) is 0. The third-order valence-corrected chi connectivity index (χ3v) is 1.14. The van der Waals surface area contributed by atoms with E-state index < -0.39 is 0 Å². The van der Waals surface area contributed by atoms with Crippen molar-refractivity contribution in [1.82, 2.24) is 0 Å². The van der Waals surface area contributed by atoms with Crippen LogP contribution in [-0.2, 0) is 0 Å². The fourth-order valence-electron chi connectivity index (χ4n) is 0.636. The molecule has 0 aliphatic heterocycles. The monoisotopic (exact) mass is 198 g/mol. The molecule has 0 aromatic heterocycles. The van der Waals surface area contributed by atoms with Crippen LogP contribution < -0.4 is 0 Å². The van der Waals surface area contributed by atoms with Gasteiger partial charge < -0.3 is 10.2 Å². The first-order valence-electron chi connectivity index (χ1n) is 4.71. The molecule has 0 fully saturated rings.